The third-order valence-corrected chi connectivity index (χ3v) is 6.57. The Morgan fingerprint density at radius 3 is 2.59 bits per heavy atom. The number of anilines is 2. The molecule has 2 aromatic heterocycles. The summed E-state index contributed by atoms with van der Waals surface area (Å²) in [5, 5.41) is 17.8. The van der Waals surface area contributed by atoms with Crippen LogP contribution in [0.5, 0.6) is 5.75 Å². The molecule has 0 fully saturated rings. The summed E-state index contributed by atoms with van der Waals surface area (Å²) in [4.78, 5) is 9.29. The maximum absolute atomic E-state index is 9.63. The molecule has 0 radical (unpaired) electrons. The van der Waals surface area contributed by atoms with Crippen LogP contribution in [0, 0.1) is 0 Å². The van der Waals surface area contributed by atoms with Crippen LogP contribution in [0.4, 0.5) is 11.8 Å². The van der Waals surface area contributed by atoms with Gasteiger partial charge in [-0.05, 0) is 57.4 Å². The predicted octanol–water partition coefficient (Wildman–Crippen LogP) is 5.07. The van der Waals surface area contributed by atoms with E-state index >= 15 is 0 Å². The lowest BCUT2D eigenvalue weighted by molar-refractivity contribution is 0.276. The highest BCUT2D eigenvalue weighted by Crippen LogP contribution is 2.34. The van der Waals surface area contributed by atoms with Gasteiger partial charge in [-0.1, -0.05) is 37.6 Å². The van der Waals surface area contributed by atoms with Crippen molar-refractivity contribution in [2.45, 2.75) is 71.6 Å². The van der Waals surface area contributed by atoms with Crippen molar-refractivity contribution in [3.8, 4) is 5.75 Å². The van der Waals surface area contributed by atoms with Crippen LogP contribution in [0.15, 0.2) is 42.5 Å². The third kappa shape index (κ3) is 6.14. The molecule has 37 heavy (non-hydrogen) atoms. The lowest BCUT2D eigenvalue weighted by Gasteiger charge is -2.21. The van der Waals surface area contributed by atoms with Crippen molar-refractivity contribution in [3.05, 3.63) is 53.6 Å². The normalized spacial score (nSPS) is 12.8. The van der Waals surface area contributed by atoms with Crippen molar-refractivity contribution in [1.82, 2.24) is 19.9 Å². The summed E-state index contributed by atoms with van der Waals surface area (Å²) in [6, 6.07) is 14.7. The lowest BCUT2D eigenvalue weighted by Crippen LogP contribution is -2.35. The molecule has 5 N–H and O–H groups in total. The monoisotopic (exact) mass is 504 g/mol. The van der Waals surface area contributed by atoms with E-state index in [2.05, 4.69) is 77.1 Å². The number of methoxy groups -OCH3 is 1. The number of para-hydroxylation sites is 1. The van der Waals surface area contributed by atoms with E-state index in [1.165, 1.54) is 5.56 Å². The number of nitrogens with zero attached hydrogens (tertiary/aromatic N) is 3. The number of aliphatic hydroxyl groups excluding tert-OH is 1. The molecule has 198 valence electrons. The van der Waals surface area contributed by atoms with E-state index in [0.717, 1.165) is 52.6 Å². The van der Waals surface area contributed by atoms with Crippen molar-refractivity contribution >= 4 is 33.7 Å². The highest BCUT2D eigenvalue weighted by Gasteiger charge is 2.21. The minimum atomic E-state index is 0.0222. The molecule has 4 rings (SSSR count). The number of rotatable bonds is 11. The minimum Gasteiger partial charge on any atom is -0.496 e. The maximum Gasteiger partial charge on any atom is 0.222 e. The Kier molecular flexibility index (Phi) is 8.19. The average molecular weight is 505 g/mol. The van der Waals surface area contributed by atoms with Gasteiger partial charge in [0.25, 0.3) is 0 Å². The van der Waals surface area contributed by atoms with Gasteiger partial charge in [-0.2, -0.15) is 4.98 Å². The number of nitrogens with one attached hydrogen (secondary N) is 2. The van der Waals surface area contributed by atoms with E-state index < -0.39 is 0 Å². The summed E-state index contributed by atoms with van der Waals surface area (Å²) >= 11 is 0. The number of ether oxygens (including phenoxy) is 1. The summed E-state index contributed by atoms with van der Waals surface area (Å²) in [6.45, 7) is 10.1. The van der Waals surface area contributed by atoms with Crippen LogP contribution in [0.25, 0.3) is 21.9 Å². The zero-order valence-electron chi connectivity index (χ0n) is 22.6. The van der Waals surface area contributed by atoms with Gasteiger partial charge in [0, 0.05) is 35.7 Å². The molecule has 0 bridgehead atoms. The van der Waals surface area contributed by atoms with Gasteiger partial charge in [0.1, 0.15) is 16.8 Å². The number of hydrogen-bond acceptors (Lipinski definition) is 7. The number of benzene rings is 2. The average Bonchev–Trinajstić information content (AvgIpc) is 3.16. The number of nitrogen functional groups attached to an aromatic ring is 1. The summed E-state index contributed by atoms with van der Waals surface area (Å²) in [5.74, 6) is 1.75. The molecule has 0 aliphatic heterocycles. The molecule has 8 nitrogen and oxygen atoms in total. The maximum atomic E-state index is 9.63. The fourth-order valence-electron chi connectivity index (χ4n) is 4.80. The number of nitrogens with two attached hydrogens (primary N) is 1. The Hall–Kier alpha value is -3.36. The van der Waals surface area contributed by atoms with E-state index in [-0.39, 0.29) is 24.1 Å². The molecule has 8 heteroatoms. The van der Waals surface area contributed by atoms with Crippen LogP contribution in [0.2, 0.25) is 0 Å². The molecule has 2 aromatic carbocycles. The van der Waals surface area contributed by atoms with Gasteiger partial charge in [-0.3, -0.25) is 0 Å². The fourth-order valence-corrected chi connectivity index (χ4v) is 4.80. The molecular weight excluding hydrogens is 464 g/mol. The topological polar surface area (TPSA) is 110 Å². The third-order valence-electron chi connectivity index (χ3n) is 6.57. The van der Waals surface area contributed by atoms with Gasteiger partial charge in [0.05, 0.1) is 19.2 Å². The van der Waals surface area contributed by atoms with E-state index in [4.69, 9.17) is 10.5 Å². The van der Waals surface area contributed by atoms with Gasteiger partial charge in [0.15, 0.2) is 5.82 Å². The quantitative estimate of drug-likeness (QED) is 0.226. The second-order valence-electron chi connectivity index (χ2n) is 10.6. The molecule has 0 aliphatic carbocycles. The SMILES string of the molecule is CCC[C@@H](CCO)Nc1nc(N)nc2c3ccccc3n(Cc3cc(CNC(C)(C)C)ccc3OC)c12. The number of hydrogen-bond donors (Lipinski definition) is 4. The van der Waals surface area contributed by atoms with Gasteiger partial charge < -0.3 is 30.8 Å². The summed E-state index contributed by atoms with van der Waals surface area (Å²) < 4.78 is 8.01. The molecular formula is C29H40N6O2. The Balaban J connectivity index is 1.85. The number of aliphatic hydroxyl groups is 1. The molecule has 0 aliphatic rings. The second-order valence-corrected chi connectivity index (χ2v) is 10.6. The highest BCUT2D eigenvalue weighted by molar-refractivity contribution is 6.09. The van der Waals surface area contributed by atoms with Crippen molar-refractivity contribution in [2.75, 3.05) is 24.8 Å². The summed E-state index contributed by atoms with van der Waals surface area (Å²) in [6.07, 6.45) is 2.55. The van der Waals surface area contributed by atoms with E-state index in [1.807, 2.05) is 18.2 Å². The Labute approximate surface area is 219 Å². The van der Waals surface area contributed by atoms with Crippen molar-refractivity contribution in [2.24, 2.45) is 0 Å². The first-order chi connectivity index (χ1) is 17.7. The van der Waals surface area contributed by atoms with Gasteiger partial charge >= 0.3 is 0 Å². The van der Waals surface area contributed by atoms with Crippen LogP contribution in [-0.4, -0.2) is 44.9 Å². The smallest absolute Gasteiger partial charge is 0.222 e. The molecule has 0 unspecified atom stereocenters. The molecule has 1 atom stereocenters. The molecule has 2 heterocycles. The highest BCUT2D eigenvalue weighted by atomic mass is 16.5. The summed E-state index contributed by atoms with van der Waals surface area (Å²) in [5.41, 5.74) is 11.2. The second kappa shape index (κ2) is 11.4. The first-order valence-electron chi connectivity index (χ1n) is 13.1. The molecule has 0 spiro atoms. The molecule has 4 aromatic rings. The predicted molar refractivity (Wildman–Crippen MR) is 152 cm³/mol. The van der Waals surface area contributed by atoms with Crippen LogP contribution < -0.4 is 21.1 Å². The van der Waals surface area contributed by atoms with Crippen molar-refractivity contribution in [3.63, 3.8) is 0 Å². The van der Waals surface area contributed by atoms with Crippen LogP contribution in [0.3, 0.4) is 0 Å². The standard InChI is InChI=1S/C29H40N6O2/c1-6-9-21(14-15-36)32-27-26-25(33-28(30)34-27)22-10-7-8-11-23(22)35(26)18-20-16-19(12-13-24(20)37-5)17-31-29(2,3)4/h7-8,10-13,16,21,31,36H,6,9,14-15,17-18H2,1-5H3,(H3,30,32,33,34)/t21-/m0/s1. The van der Waals surface area contributed by atoms with Gasteiger partial charge in [-0.25, -0.2) is 4.98 Å². The van der Waals surface area contributed by atoms with Crippen LogP contribution in [0.1, 0.15) is 58.1 Å². The Morgan fingerprint density at radius 2 is 1.89 bits per heavy atom. The lowest BCUT2D eigenvalue weighted by atomic mass is 10.1. The molecule has 0 saturated carbocycles. The van der Waals surface area contributed by atoms with E-state index in [0.29, 0.717) is 18.8 Å². The number of aromatic nitrogens is 3. The first-order valence-corrected chi connectivity index (χ1v) is 13.1. The number of fused-ring (bicyclic) bond motifs is 3. The van der Waals surface area contributed by atoms with Crippen molar-refractivity contribution < 1.29 is 9.84 Å². The fraction of sp³-hybridized carbons (Fsp3) is 0.448. The van der Waals surface area contributed by atoms with E-state index in [1.54, 1.807) is 7.11 Å². The minimum absolute atomic E-state index is 0.0222. The zero-order chi connectivity index (χ0) is 26.6. The first kappa shape index (κ1) is 26.7. The largest absolute Gasteiger partial charge is 0.496 e. The van der Waals surface area contributed by atoms with Crippen LogP contribution in [-0.2, 0) is 13.1 Å². The Morgan fingerprint density at radius 1 is 1.11 bits per heavy atom. The Bertz CT molecular complexity index is 1350. The van der Waals surface area contributed by atoms with Gasteiger partial charge in [0.2, 0.25) is 5.95 Å². The van der Waals surface area contributed by atoms with Crippen molar-refractivity contribution in [1.29, 1.82) is 0 Å². The zero-order valence-corrected chi connectivity index (χ0v) is 22.6. The molecule has 0 saturated heterocycles. The molecule has 0 amide bonds. The van der Waals surface area contributed by atoms with Gasteiger partial charge in [-0.15, -0.1) is 0 Å². The van der Waals surface area contributed by atoms with Crippen LogP contribution >= 0.6 is 0 Å². The summed E-state index contributed by atoms with van der Waals surface area (Å²) in [7, 11) is 1.71. The van der Waals surface area contributed by atoms with E-state index in [9.17, 15) is 5.11 Å².